The number of hydrogen-bond donors (Lipinski definition) is 2. The van der Waals surface area contributed by atoms with Gasteiger partial charge in [0.05, 0.1) is 0 Å². The molecule has 8 heteroatoms. The molecule has 0 unspecified atom stereocenters. The summed E-state index contributed by atoms with van der Waals surface area (Å²) >= 11 is 0. The molecule has 2 N–H and O–H groups in total. The van der Waals surface area contributed by atoms with Crippen LogP contribution in [-0.2, 0) is 11.2 Å². The van der Waals surface area contributed by atoms with Crippen molar-refractivity contribution in [2.24, 2.45) is 0 Å². The average Bonchev–Trinajstić information content (AvgIpc) is 3.41. The molecule has 0 bridgehead atoms. The van der Waals surface area contributed by atoms with E-state index in [0.717, 1.165) is 18.4 Å². The van der Waals surface area contributed by atoms with Crippen LogP contribution >= 0.6 is 0 Å². The smallest absolute Gasteiger partial charge is 0.251 e. The molecule has 0 atom stereocenters. The largest absolute Gasteiger partial charge is 0.349 e. The summed E-state index contributed by atoms with van der Waals surface area (Å²) in [5, 5.41) is 9.71. The first-order valence-corrected chi connectivity index (χ1v) is 9.54. The second kappa shape index (κ2) is 8.22. The van der Waals surface area contributed by atoms with Crippen molar-refractivity contribution >= 4 is 17.5 Å². The predicted molar refractivity (Wildman–Crippen MR) is 106 cm³/mol. The van der Waals surface area contributed by atoms with Gasteiger partial charge >= 0.3 is 0 Å². The Balaban J connectivity index is 1.35. The van der Waals surface area contributed by atoms with Gasteiger partial charge in [0.2, 0.25) is 17.6 Å². The lowest BCUT2D eigenvalue weighted by atomic mass is 10.1. The summed E-state index contributed by atoms with van der Waals surface area (Å²) in [6.45, 7) is 1.88. The molecule has 2 heterocycles. The first-order valence-electron chi connectivity index (χ1n) is 9.54. The Morgan fingerprint density at radius 2 is 2.07 bits per heavy atom. The SMILES string of the molecule is Cc1ccc(C(=O)NC2CC2)cc1NC(=O)CCc1nc(-c2ccccn2)no1. The van der Waals surface area contributed by atoms with Gasteiger partial charge in [0, 0.05) is 36.3 Å². The van der Waals surface area contributed by atoms with E-state index in [4.69, 9.17) is 4.52 Å². The molecule has 1 fully saturated rings. The first-order chi connectivity index (χ1) is 14.1. The summed E-state index contributed by atoms with van der Waals surface area (Å²) in [5.74, 6) is 0.461. The number of benzene rings is 1. The molecule has 0 spiro atoms. The highest BCUT2D eigenvalue weighted by atomic mass is 16.5. The number of nitrogens with one attached hydrogen (secondary N) is 2. The maximum Gasteiger partial charge on any atom is 0.251 e. The molecule has 2 aromatic heterocycles. The van der Waals surface area contributed by atoms with Crippen LogP contribution < -0.4 is 10.6 Å². The number of anilines is 1. The zero-order valence-electron chi connectivity index (χ0n) is 16.0. The second-order valence-electron chi connectivity index (χ2n) is 7.05. The Morgan fingerprint density at radius 1 is 1.21 bits per heavy atom. The molecule has 0 aliphatic heterocycles. The van der Waals surface area contributed by atoms with E-state index in [0.29, 0.717) is 35.1 Å². The van der Waals surface area contributed by atoms with Crippen LogP contribution in [-0.4, -0.2) is 33.0 Å². The zero-order chi connectivity index (χ0) is 20.2. The normalized spacial score (nSPS) is 13.1. The van der Waals surface area contributed by atoms with Crippen LogP contribution in [0.25, 0.3) is 11.5 Å². The van der Waals surface area contributed by atoms with E-state index in [2.05, 4.69) is 25.8 Å². The first kappa shape index (κ1) is 18.8. The number of carbonyl (C=O) groups excluding carboxylic acids is 2. The van der Waals surface area contributed by atoms with E-state index in [-0.39, 0.29) is 24.3 Å². The highest BCUT2D eigenvalue weighted by Gasteiger charge is 2.24. The topological polar surface area (TPSA) is 110 Å². The van der Waals surface area contributed by atoms with Crippen LogP contribution in [0.5, 0.6) is 0 Å². The average molecular weight is 391 g/mol. The van der Waals surface area contributed by atoms with E-state index in [1.54, 1.807) is 30.5 Å². The third kappa shape index (κ3) is 4.84. The second-order valence-corrected chi connectivity index (χ2v) is 7.05. The van der Waals surface area contributed by atoms with Crippen LogP contribution in [0.4, 0.5) is 5.69 Å². The van der Waals surface area contributed by atoms with Gasteiger partial charge in [-0.1, -0.05) is 17.3 Å². The zero-order valence-corrected chi connectivity index (χ0v) is 16.0. The Labute approximate surface area is 167 Å². The van der Waals surface area contributed by atoms with Crippen LogP contribution in [0.15, 0.2) is 47.1 Å². The Bertz CT molecular complexity index is 1030. The Hall–Kier alpha value is -3.55. The fourth-order valence-electron chi connectivity index (χ4n) is 2.78. The molecule has 8 nitrogen and oxygen atoms in total. The molecule has 29 heavy (non-hydrogen) atoms. The summed E-state index contributed by atoms with van der Waals surface area (Å²) in [7, 11) is 0. The molecule has 1 aromatic carbocycles. The lowest BCUT2D eigenvalue weighted by molar-refractivity contribution is -0.116. The van der Waals surface area contributed by atoms with Crippen molar-refractivity contribution in [1.29, 1.82) is 0 Å². The Morgan fingerprint density at radius 3 is 2.83 bits per heavy atom. The Kier molecular flexibility index (Phi) is 5.33. The minimum atomic E-state index is -0.189. The third-order valence-corrected chi connectivity index (χ3v) is 4.61. The van der Waals surface area contributed by atoms with E-state index < -0.39 is 0 Å². The summed E-state index contributed by atoms with van der Waals surface area (Å²) in [6, 6.07) is 11.0. The molecule has 1 aliphatic rings. The molecular weight excluding hydrogens is 370 g/mol. The van der Waals surface area contributed by atoms with Crippen molar-refractivity contribution in [1.82, 2.24) is 20.4 Å². The number of nitrogens with zero attached hydrogens (tertiary/aromatic N) is 3. The van der Waals surface area contributed by atoms with E-state index in [1.807, 2.05) is 19.1 Å². The molecule has 0 saturated heterocycles. The fraction of sp³-hybridized carbons (Fsp3) is 0.286. The van der Waals surface area contributed by atoms with Gasteiger partial charge in [0.25, 0.3) is 5.91 Å². The van der Waals surface area contributed by atoms with Crippen molar-refractivity contribution in [3.05, 3.63) is 59.6 Å². The van der Waals surface area contributed by atoms with Gasteiger partial charge in [-0.25, -0.2) is 0 Å². The fourth-order valence-corrected chi connectivity index (χ4v) is 2.78. The number of pyridine rings is 1. The van der Waals surface area contributed by atoms with Gasteiger partial charge in [0.1, 0.15) is 5.69 Å². The summed E-state index contributed by atoms with van der Waals surface area (Å²) < 4.78 is 5.20. The van der Waals surface area contributed by atoms with E-state index in [9.17, 15) is 9.59 Å². The van der Waals surface area contributed by atoms with E-state index in [1.165, 1.54) is 0 Å². The van der Waals surface area contributed by atoms with Crippen LogP contribution in [0.1, 0.15) is 41.1 Å². The number of aryl methyl sites for hydroxylation is 2. The van der Waals surface area contributed by atoms with Gasteiger partial charge < -0.3 is 15.2 Å². The van der Waals surface area contributed by atoms with Crippen molar-refractivity contribution in [2.75, 3.05) is 5.32 Å². The highest BCUT2D eigenvalue weighted by molar-refractivity contribution is 5.98. The van der Waals surface area contributed by atoms with Crippen LogP contribution in [0, 0.1) is 6.92 Å². The van der Waals surface area contributed by atoms with Crippen LogP contribution in [0.3, 0.4) is 0 Å². The van der Waals surface area contributed by atoms with Gasteiger partial charge in [0.15, 0.2) is 0 Å². The molecule has 1 aliphatic carbocycles. The molecule has 4 rings (SSSR count). The van der Waals surface area contributed by atoms with Gasteiger partial charge in [-0.05, 0) is 49.6 Å². The quantitative estimate of drug-likeness (QED) is 0.641. The minimum Gasteiger partial charge on any atom is -0.349 e. The number of carbonyl (C=O) groups is 2. The standard InChI is InChI=1S/C21H21N5O3/c1-13-5-6-14(21(28)23-15-7-8-15)12-17(13)24-18(27)9-10-19-25-20(26-29-19)16-4-2-3-11-22-16/h2-6,11-12,15H,7-10H2,1H3,(H,23,28)(H,24,27). The summed E-state index contributed by atoms with van der Waals surface area (Å²) in [6.07, 6.45) is 4.20. The molecular formula is C21H21N5O3. The molecule has 1 saturated carbocycles. The van der Waals surface area contributed by atoms with Crippen molar-refractivity contribution in [3.8, 4) is 11.5 Å². The molecule has 3 aromatic rings. The van der Waals surface area contributed by atoms with E-state index >= 15 is 0 Å². The third-order valence-electron chi connectivity index (χ3n) is 4.61. The lowest BCUT2D eigenvalue weighted by Gasteiger charge is -2.10. The molecule has 0 radical (unpaired) electrons. The van der Waals surface area contributed by atoms with Gasteiger partial charge in [-0.15, -0.1) is 0 Å². The summed E-state index contributed by atoms with van der Waals surface area (Å²) in [4.78, 5) is 33.0. The maximum absolute atomic E-state index is 12.4. The van der Waals surface area contributed by atoms with Crippen LogP contribution in [0.2, 0.25) is 0 Å². The molecule has 148 valence electrons. The van der Waals surface area contributed by atoms with Crippen molar-refractivity contribution < 1.29 is 14.1 Å². The number of rotatable bonds is 7. The lowest BCUT2D eigenvalue weighted by Crippen LogP contribution is -2.25. The minimum absolute atomic E-state index is 0.115. The number of aromatic nitrogens is 3. The van der Waals surface area contributed by atoms with Gasteiger partial charge in [-0.3, -0.25) is 14.6 Å². The number of hydrogen-bond acceptors (Lipinski definition) is 6. The predicted octanol–water partition coefficient (Wildman–Crippen LogP) is 2.90. The van der Waals surface area contributed by atoms with Gasteiger partial charge in [-0.2, -0.15) is 4.98 Å². The van der Waals surface area contributed by atoms with Crippen molar-refractivity contribution in [2.45, 2.75) is 38.6 Å². The highest BCUT2D eigenvalue weighted by Crippen LogP contribution is 2.21. The number of amides is 2. The monoisotopic (exact) mass is 391 g/mol. The molecule has 2 amide bonds. The van der Waals surface area contributed by atoms with Crippen molar-refractivity contribution in [3.63, 3.8) is 0 Å². The summed E-state index contributed by atoms with van der Waals surface area (Å²) in [5.41, 5.74) is 2.66. The maximum atomic E-state index is 12.4.